The second-order valence-corrected chi connectivity index (χ2v) is 8.40. The van der Waals surface area contributed by atoms with Crippen LogP contribution in [0.15, 0.2) is 36.5 Å². The maximum absolute atomic E-state index is 12.3. The largest absolute Gasteiger partial charge is 0.477 e. The zero-order chi connectivity index (χ0) is 18.9. The van der Waals surface area contributed by atoms with E-state index < -0.39 is 9.58 Å². The van der Waals surface area contributed by atoms with E-state index in [-0.39, 0.29) is 5.56 Å². The number of rotatable bonds is 5. The lowest BCUT2D eigenvalue weighted by Crippen LogP contribution is -2.18. The summed E-state index contributed by atoms with van der Waals surface area (Å²) >= 11 is 17.2. The number of Topliss-reactive ketones (excluding diaryl/α,β-unsaturated/α-hetero) is 1. The molecule has 0 bridgehead atoms. The summed E-state index contributed by atoms with van der Waals surface area (Å²) in [4.78, 5) is 19.7. The number of benzene rings is 1. The van der Waals surface area contributed by atoms with Crippen LogP contribution in [0.4, 0.5) is 0 Å². The summed E-state index contributed by atoms with van der Waals surface area (Å²) < 4.78 is 3.75. The zero-order valence-corrected chi connectivity index (χ0v) is 16.5. The van der Waals surface area contributed by atoms with Crippen LogP contribution in [0.25, 0.3) is 11.0 Å². The number of fused-ring (bicyclic) bond motifs is 1. The van der Waals surface area contributed by atoms with E-state index in [4.69, 9.17) is 39.5 Å². The number of hydrogen-bond donors (Lipinski definition) is 1. The number of hydrogen-bond acceptors (Lipinski definition) is 3. The molecule has 0 aliphatic heterocycles. The average molecular weight is 412 g/mol. The fourth-order valence-electron chi connectivity index (χ4n) is 2.66. The number of nitrogens with one attached hydrogen (secondary N) is 1. The van der Waals surface area contributed by atoms with Crippen molar-refractivity contribution in [3.8, 4) is 5.88 Å². The molecular weight excluding hydrogens is 395 g/mol. The first kappa shape index (κ1) is 19.0. The molecule has 0 aliphatic carbocycles. The van der Waals surface area contributed by atoms with Crippen LogP contribution in [0.3, 0.4) is 0 Å². The van der Waals surface area contributed by atoms with E-state index in [1.54, 1.807) is 0 Å². The Kier molecular flexibility index (Phi) is 5.47. The number of pyridine rings is 1. The van der Waals surface area contributed by atoms with Crippen molar-refractivity contribution in [2.24, 2.45) is 0 Å². The summed E-state index contributed by atoms with van der Waals surface area (Å²) in [6.07, 6.45) is 2.26. The minimum absolute atomic E-state index is 0.229. The number of alkyl halides is 3. The molecule has 1 aromatic carbocycles. The van der Waals surface area contributed by atoms with E-state index in [1.807, 2.05) is 13.0 Å². The van der Waals surface area contributed by atoms with Crippen molar-refractivity contribution in [1.82, 2.24) is 9.97 Å². The Morgan fingerprint density at radius 3 is 2.54 bits per heavy atom. The molecule has 3 rings (SSSR count). The second kappa shape index (κ2) is 7.47. The normalized spacial score (nSPS) is 11.7. The monoisotopic (exact) mass is 410 g/mol. The Bertz CT molecular complexity index is 944. The van der Waals surface area contributed by atoms with Gasteiger partial charge in [-0.2, -0.15) is 0 Å². The molecule has 2 heterocycles. The van der Waals surface area contributed by atoms with Crippen LogP contribution >= 0.6 is 34.8 Å². The van der Waals surface area contributed by atoms with E-state index >= 15 is 0 Å². The molecule has 136 valence electrons. The van der Waals surface area contributed by atoms with Crippen LogP contribution in [0.5, 0.6) is 5.88 Å². The van der Waals surface area contributed by atoms with Crippen LogP contribution in [0, 0.1) is 13.8 Å². The smallest absolute Gasteiger partial charge is 0.253 e. The third kappa shape index (κ3) is 4.14. The Balaban J connectivity index is 1.81. The first-order valence-corrected chi connectivity index (χ1v) is 9.17. The van der Waals surface area contributed by atoms with Crippen LogP contribution in [-0.4, -0.2) is 26.2 Å². The molecule has 0 amide bonds. The fraction of sp³-hybridized carbons (Fsp3) is 0.263. The van der Waals surface area contributed by atoms with Gasteiger partial charge in [-0.15, -0.1) is 0 Å². The zero-order valence-electron chi connectivity index (χ0n) is 14.3. The van der Waals surface area contributed by atoms with Gasteiger partial charge in [-0.1, -0.05) is 64.6 Å². The molecule has 26 heavy (non-hydrogen) atoms. The summed E-state index contributed by atoms with van der Waals surface area (Å²) in [6, 6.07) is 10.1. The Labute approximate surface area is 166 Å². The van der Waals surface area contributed by atoms with Crippen molar-refractivity contribution in [3.63, 3.8) is 0 Å². The van der Waals surface area contributed by atoms with Crippen molar-refractivity contribution in [2.75, 3.05) is 6.61 Å². The molecule has 0 saturated heterocycles. The lowest BCUT2D eigenvalue weighted by molar-refractivity contribution is 0.0998. The molecule has 0 spiro atoms. The molecule has 3 aromatic rings. The fourth-order valence-corrected chi connectivity index (χ4v) is 2.97. The number of ketones is 1. The standard InChI is InChI=1S/C19H17Cl3N2O2/c1-11-3-5-13(6-4-11)7-8-26-15-9-12(2)16-17(24-15)14(10-23-16)18(25)19(20,21)22/h3-6,9-10,23H,7-8H2,1-2H3. The minimum atomic E-state index is -2.03. The van der Waals surface area contributed by atoms with Crippen molar-refractivity contribution in [2.45, 2.75) is 24.1 Å². The Morgan fingerprint density at radius 1 is 1.19 bits per heavy atom. The number of nitrogens with zero attached hydrogens (tertiary/aromatic N) is 1. The van der Waals surface area contributed by atoms with Crippen LogP contribution < -0.4 is 4.74 Å². The topological polar surface area (TPSA) is 55.0 Å². The molecule has 0 fully saturated rings. The Hall–Kier alpha value is -1.75. The molecule has 2 aromatic heterocycles. The van der Waals surface area contributed by atoms with E-state index in [9.17, 15) is 4.79 Å². The van der Waals surface area contributed by atoms with Gasteiger partial charge in [0.1, 0.15) is 5.52 Å². The average Bonchev–Trinajstić information content (AvgIpc) is 2.99. The van der Waals surface area contributed by atoms with Crippen molar-refractivity contribution in [1.29, 1.82) is 0 Å². The predicted molar refractivity (Wildman–Crippen MR) is 106 cm³/mol. The second-order valence-electron chi connectivity index (χ2n) is 6.11. The van der Waals surface area contributed by atoms with Crippen molar-refractivity contribution >= 4 is 51.6 Å². The molecule has 0 atom stereocenters. The van der Waals surface area contributed by atoms with Gasteiger partial charge in [-0.25, -0.2) is 4.98 Å². The molecular formula is C19H17Cl3N2O2. The highest BCUT2D eigenvalue weighted by Crippen LogP contribution is 2.33. The highest BCUT2D eigenvalue weighted by Gasteiger charge is 2.34. The van der Waals surface area contributed by atoms with Gasteiger partial charge in [0.15, 0.2) is 0 Å². The molecule has 0 radical (unpaired) electrons. The summed E-state index contributed by atoms with van der Waals surface area (Å²) in [6.45, 7) is 4.42. The quantitative estimate of drug-likeness (QED) is 0.454. The maximum atomic E-state index is 12.3. The Morgan fingerprint density at radius 2 is 1.88 bits per heavy atom. The van der Waals surface area contributed by atoms with Crippen LogP contribution in [0.2, 0.25) is 0 Å². The number of aromatic nitrogens is 2. The summed E-state index contributed by atoms with van der Waals surface area (Å²) in [7, 11) is 0. The van der Waals surface area contributed by atoms with Gasteiger partial charge in [0.25, 0.3) is 3.79 Å². The van der Waals surface area contributed by atoms with E-state index in [2.05, 4.69) is 41.2 Å². The number of carbonyl (C=O) groups excluding carboxylic acids is 1. The molecule has 1 N–H and O–H groups in total. The molecule has 0 saturated carbocycles. The maximum Gasteiger partial charge on any atom is 0.253 e. The number of H-pyrrole nitrogens is 1. The number of carbonyl (C=O) groups is 1. The van der Waals surface area contributed by atoms with Gasteiger partial charge in [0, 0.05) is 18.7 Å². The number of ether oxygens (including phenoxy) is 1. The van der Waals surface area contributed by atoms with Gasteiger partial charge in [0.2, 0.25) is 11.7 Å². The van der Waals surface area contributed by atoms with Crippen LogP contribution in [-0.2, 0) is 6.42 Å². The first-order chi connectivity index (χ1) is 12.3. The number of halogens is 3. The SMILES string of the molecule is Cc1ccc(CCOc2cc(C)c3[nH]cc(C(=O)C(Cl)(Cl)Cl)c3n2)cc1. The number of aryl methyl sites for hydroxylation is 2. The summed E-state index contributed by atoms with van der Waals surface area (Å²) in [5, 5.41) is 0. The van der Waals surface area contributed by atoms with Crippen molar-refractivity contribution < 1.29 is 9.53 Å². The summed E-state index contributed by atoms with van der Waals surface area (Å²) in [5.41, 5.74) is 4.68. The molecule has 4 nitrogen and oxygen atoms in total. The van der Waals surface area contributed by atoms with Gasteiger partial charge < -0.3 is 9.72 Å². The lowest BCUT2D eigenvalue weighted by atomic mass is 10.1. The van der Waals surface area contributed by atoms with E-state index in [0.717, 1.165) is 12.0 Å². The third-order valence-corrected chi connectivity index (χ3v) is 4.59. The van der Waals surface area contributed by atoms with Gasteiger partial charge in [-0.3, -0.25) is 4.79 Å². The van der Waals surface area contributed by atoms with Crippen LogP contribution in [0.1, 0.15) is 27.0 Å². The van der Waals surface area contributed by atoms with Gasteiger partial charge in [-0.05, 0) is 25.0 Å². The molecule has 7 heteroatoms. The molecule has 0 aliphatic rings. The van der Waals surface area contributed by atoms with Gasteiger partial charge >= 0.3 is 0 Å². The summed E-state index contributed by atoms with van der Waals surface area (Å²) in [5.74, 6) is -0.197. The van der Waals surface area contributed by atoms with E-state index in [0.29, 0.717) is 23.5 Å². The van der Waals surface area contributed by atoms with Gasteiger partial charge in [0.05, 0.1) is 17.7 Å². The predicted octanol–water partition coefficient (Wildman–Crippen LogP) is 5.35. The first-order valence-electron chi connectivity index (χ1n) is 8.04. The van der Waals surface area contributed by atoms with E-state index in [1.165, 1.54) is 17.3 Å². The third-order valence-electron chi connectivity index (χ3n) is 4.07. The molecule has 0 unspecified atom stereocenters. The highest BCUT2D eigenvalue weighted by molar-refractivity contribution is 6.77. The minimum Gasteiger partial charge on any atom is -0.477 e. The van der Waals surface area contributed by atoms with Crippen molar-refractivity contribution in [3.05, 3.63) is 58.8 Å². The number of aromatic amines is 1. The highest BCUT2D eigenvalue weighted by atomic mass is 35.6. The lowest BCUT2D eigenvalue weighted by Gasteiger charge is -2.10.